The molecular weight excluding hydrogens is 388 g/mol. The standard InChI is InChI=1S/C21H28N4O5/c1-29-20(28)15-12-18(26)25(30-2)21(15)8-10-24(11-9-21)19(27)17-13-16(22-23-17)14-6-4-3-5-7-14/h3-7,15-17,22-23H,8-13H2,1-2H3. The average molecular weight is 416 g/mol. The van der Waals surface area contributed by atoms with E-state index in [1.165, 1.54) is 19.3 Å². The number of hydroxylamine groups is 2. The van der Waals surface area contributed by atoms with Gasteiger partial charge in [0, 0.05) is 25.6 Å². The summed E-state index contributed by atoms with van der Waals surface area (Å²) in [4.78, 5) is 45.0. The van der Waals surface area contributed by atoms with Crippen molar-refractivity contribution in [1.29, 1.82) is 0 Å². The van der Waals surface area contributed by atoms with E-state index in [0.29, 0.717) is 32.4 Å². The summed E-state index contributed by atoms with van der Waals surface area (Å²) in [5.74, 6) is -1.19. The van der Waals surface area contributed by atoms with Crippen molar-refractivity contribution in [3.8, 4) is 0 Å². The first-order chi connectivity index (χ1) is 14.5. The number of hydrogen-bond acceptors (Lipinski definition) is 7. The molecule has 0 aromatic heterocycles. The Bertz CT molecular complexity index is 807. The van der Waals surface area contributed by atoms with Crippen molar-refractivity contribution in [2.24, 2.45) is 5.92 Å². The van der Waals surface area contributed by atoms with Crippen molar-refractivity contribution in [2.75, 3.05) is 27.3 Å². The zero-order valence-corrected chi connectivity index (χ0v) is 17.3. The van der Waals surface area contributed by atoms with Gasteiger partial charge in [0.1, 0.15) is 6.04 Å². The Balaban J connectivity index is 1.42. The quantitative estimate of drug-likeness (QED) is 0.691. The minimum atomic E-state index is -0.760. The van der Waals surface area contributed by atoms with Crippen molar-refractivity contribution in [3.05, 3.63) is 35.9 Å². The van der Waals surface area contributed by atoms with Gasteiger partial charge in [-0.05, 0) is 24.8 Å². The maximum atomic E-state index is 13.1. The van der Waals surface area contributed by atoms with Crippen molar-refractivity contribution < 1.29 is 24.0 Å². The smallest absolute Gasteiger partial charge is 0.311 e. The van der Waals surface area contributed by atoms with Crippen LogP contribution in [0, 0.1) is 5.92 Å². The van der Waals surface area contributed by atoms with Gasteiger partial charge in [-0.3, -0.25) is 19.2 Å². The molecule has 0 aliphatic carbocycles. The Kier molecular flexibility index (Phi) is 5.77. The molecule has 3 saturated heterocycles. The van der Waals surface area contributed by atoms with Gasteiger partial charge in [-0.25, -0.2) is 15.9 Å². The molecule has 3 atom stereocenters. The van der Waals surface area contributed by atoms with E-state index >= 15 is 0 Å². The van der Waals surface area contributed by atoms with Crippen molar-refractivity contribution in [1.82, 2.24) is 20.8 Å². The third kappa shape index (κ3) is 3.46. The van der Waals surface area contributed by atoms with Crippen LogP contribution in [0.1, 0.15) is 37.3 Å². The summed E-state index contributed by atoms with van der Waals surface area (Å²) in [5.41, 5.74) is 6.71. The van der Waals surface area contributed by atoms with Gasteiger partial charge < -0.3 is 9.64 Å². The Hall–Kier alpha value is -2.49. The predicted molar refractivity (Wildman–Crippen MR) is 106 cm³/mol. The van der Waals surface area contributed by atoms with Gasteiger partial charge in [-0.15, -0.1) is 0 Å². The molecule has 30 heavy (non-hydrogen) atoms. The fourth-order valence-electron chi connectivity index (χ4n) is 5.07. The van der Waals surface area contributed by atoms with Gasteiger partial charge in [0.15, 0.2) is 0 Å². The van der Waals surface area contributed by atoms with Crippen molar-refractivity contribution >= 4 is 17.8 Å². The van der Waals surface area contributed by atoms with E-state index in [1.54, 1.807) is 0 Å². The molecule has 1 aromatic rings. The molecule has 3 aliphatic rings. The number of hydrazine groups is 1. The molecule has 0 radical (unpaired) electrons. The lowest BCUT2D eigenvalue weighted by Crippen LogP contribution is -2.59. The third-order valence-corrected chi connectivity index (χ3v) is 6.67. The number of piperidine rings is 1. The maximum absolute atomic E-state index is 13.1. The third-order valence-electron chi connectivity index (χ3n) is 6.67. The summed E-state index contributed by atoms with van der Waals surface area (Å²) >= 11 is 0. The lowest BCUT2D eigenvalue weighted by Gasteiger charge is -2.45. The van der Waals surface area contributed by atoms with E-state index in [2.05, 4.69) is 10.9 Å². The molecule has 3 heterocycles. The number of carbonyl (C=O) groups excluding carboxylic acids is 3. The number of ether oxygens (including phenoxy) is 1. The minimum Gasteiger partial charge on any atom is -0.469 e. The normalized spacial score (nSPS) is 28.2. The highest BCUT2D eigenvalue weighted by Gasteiger charge is 2.58. The van der Waals surface area contributed by atoms with E-state index < -0.39 is 17.4 Å². The minimum absolute atomic E-state index is 0.0266. The Morgan fingerprint density at radius 2 is 1.80 bits per heavy atom. The van der Waals surface area contributed by atoms with Gasteiger partial charge in [-0.2, -0.15) is 0 Å². The number of nitrogens with zero attached hydrogens (tertiary/aromatic N) is 2. The first-order valence-electron chi connectivity index (χ1n) is 10.3. The molecule has 162 valence electrons. The topological polar surface area (TPSA) is 100 Å². The Labute approximate surface area is 175 Å². The number of rotatable bonds is 4. The number of carbonyl (C=O) groups is 3. The molecule has 2 N–H and O–H groups in total. The number of benzene rings is 1. The number of hydrogen-bond donors (Lipinski definition) is 2. The van der Waals surface area contributed by atoms with Gasteiger partial charge in [0.05, 0.1) is 25.7 Å². The summed E-state index contributed by atoms with van der Waals surface area (Å²) in [6, 6.07) is 9.79. The lowest BCUT2D eigenvalue weighted by molar-refractivity contribution is -0.210. The SMILES string of the molecule is COC(=O)C1CC(=O)N(OC)C12CCN(C(=O)C1CC(c3ccccc3)NN1)CC2. The van der Waals surface area contributed by atoms with E-state index in [4.69, 9.17) is 9.57 Å². The molecule has 3 fully saturated rings. The Morgan fingerprint density at radius 1 is 1.10 bits per heavy atom. The van der Waals surface area contributed by atoms with Crippen LogP contribution in [0.5, 0.6) is 0 Å². The average Bonchev–Trinajstić information content (AvgIpc) is 3.37. The molecule has 2 amide bonds. The monoisotopic (exact) mass is 416 g/mol. The van der Waals surface area contributed by atoms with E-state index in [9.17, 15) is 14.4 Å². The van der Waals surface area contributed by atoms with Crippen LogP contribution in [-0.4, -0.2) is 66.6 Å². The molecular formula is C21H28N4O5. The zero-order chi connectivity index (χ0) is 21.3. The molecule has 3 unspecified atom stereocenters. The number of amides is 2. The zero-order valence-electron chi connectivity index (χ0n) is 17.3. The van der Waals surface area contributed by atoms with Crippen LogP contribution in [0.3, 0.4) is 0 Å². The first kappa shape index (κ1) is 20.8. The largest absolute Gasteiger partial charge is 0.469 e. The molecule has 9 heteroatoms. The maximum Gasteiger partial charge on any atom is 0.311 e. The van der Waals surface area contributed by atoms with Crippen LogP contribution in [0.25, 0.3) is 0 Å². The molecule has 0 bridgehead atoms. The van der Waals surface area contributed by atoms with E-state index in [-0.39, 0.29) is 30.3 Å². The van der Waals surface area contributed by atoms with Crippen LogP contribution < -0.4 is 10.9 Å². The highest BCUT2D eigenvalue weighted by Crippen LogP contribution is 2.44. The molecule has 1 spiro atoms. The fourth-order valence-corrected chi connectivity index (χ4v) is 5.07. The van der Waals surface area contributed by atoms with Gasteiger partial charge in [0.2, 0.25) is 11.8 Å². The van der Waals surface area contributed by atoms with E-state index in [1.807, 2.05) is 35.2 Å². The van der Waals surface area contributed by atoms with Crippen molar-refractivity contribution in [2.45, 2.75) is 43.3 Å². The van der Waals surface area contributed by atoms with Crippen LogP contribution >= 0.6 is 0 Å². The molecule has 0 saturated carbocycles. The van der Waals surface area contributed by atoms with Crippen molar-refractivity contribution in [3.63, 3.8) is 0 Å². The van der Waals surface area contributed by atoms with Gasteiger partial charge in [0.25, 0.3) is 0 Å². The van der Waals surface area contributed by atoms with Crippen LogP contribution in [0.4, 0.5) is 0 Å². The highest BCUT2D eigenvalue weighted by molar-refractivity contribution is 5.88. The second kappa shape index (κ2) is 8.33. The predicted octanol–water partition coefficient (Wildman–Crippen LogP) is 0.538. The van der Waals surface area contributed by atoms with Gasteiger partial charge >= 0.3 is 5.97 Å². The summed E-state index contributed by atoms with van der Waals surface area (Å²) in [5, 5.41) is 1.33. The van der Waals surface area contributed by atoms with Crippen LogP contribution in [0.2, 0.25) is 0 Å². The number of likely N-dealkylation sites (tertiary alicyclic amines) is 1. The lowest BCUT2D eigenvalue weighted by atomic mass is 9.77. The molecule has 9 nitrogen and oxygen atoms in total. The number of methoxy groups -OCH3 is 1. The molecule has 4 rings (SSSR count). The molecule has 3 aliphatic heterocycles. The number of nitrogens with one attached hydrogen (secondary N) is 2. The van der Waals surface area contributed by atoms with Gasteiger partial charge in [-0.1, -0.05) is 30.3 Å². The van der Waals surface area contributed by atoms with Crippen LogP contribution in [-0.2, 0) is 24.0 Å². The highest BCUT2D eigenvalue weighted by atomic mass is 16.7. The molecule has 1 aromatic carbocycles. The Morgan fingerprint density at radius 3 is 2.43 bits per heavy atom. The summed E-state index contributed by atoms with van der Waals surface area (Å²) in [6.45, 7) is 0.904. The second-order valence-corrected chi connectivity index (χ2v) is 8.12. The summed E-state index contributed by atoms with van der Waals surface area (Å²) in [7, 11) is 2.77. The first-order valence-corrected chi connectivity index (χ1v) is 10.3. The van der Waals surface area contributed by atoms with E-state index in [0.717, 1.165) is 5.56 Å². The second-order valence-electron chi connectivity index (χ2n) is 8.12. The summed E-state index contributed by atoms with van der Waals surface area (Å²) < 4.78 is 4.94. The summed E-state index contributed by atoms with van der Waals surface area (Å²) in [6.07, 6.45) is 1.68. The number of esters is 1. The van der Waals surface area contributed by atoms with Crippen LogP contribution in [0.15, 0.2) is 30.3 Å². The fraction of sp³-hybridized carbons (Fsp3) is 0.571.